The average molecular weight is 411 g/mol. The number of benzene rings is 4. The van der Waals surface area contributed by atoms with Gasteiger partial charge in [0.05, 0.1) is 5.41 Å². The highest BCUT2D eigenvalue weighted by Gasteiger charge is 2.51. The molecule has 0 radical (unpaired) electrons. The Kier molecular flexibility index (Phi) is 4.13. The summed E-state index contributed by atoms with van der Waals surface area (Å²) in [6, 6.07) is 42.0. The molecule has 0 amide bonds. The Bertz CT molecular complexity index is 1310. The van der Waals surface area contributed by atoms with E-state index in [-0.39, 0.29) is 10.8 Å². The fourth-order valence-electron chi connectivity index (χ4n) is 5.86. The number of fused-ring (bicyclic) bond motifs is 3. The first-order valence-electron chi connectivity index (χ1n) is 11.4. The Morgan fingerprint density at radius 2 is 1.03 bits per heavy atom. The Morgan fingerprint density at radius 1 is 0.531 bits per heavy atom. The molecule has 0 spiro atoms. The monoisotopic (exact) mass is 410 g/mol. The van der Waals surface area contributed by atoms with Crippen LogP contribution >= 0.6 is 0 Å². The topological polar surface area (TPSA) is 0 Å². The maximum Gasteiger partial charge on any atom is 0.0650 e. The Balaban J connectivity index is 1.80. The molecule has 0 saturated heterocycles. The second kappa shape index (κ2) is 6.93. The number of hydrogen-bond donors (Lipinski definition) is 0. The molecule has 0 unspecified atom stereocenters. The second-order valence-corrected chi connectivity index (χ2v) is 9.38. The van der Waals surface area contributed by atoms with Gasteiger partial charge in [-0.1, -0.05) is 135 Å². The van der Waals surface area contributed by atoms with Crippen LogP contribution in [0.1, 0.15) is 41.7 Å². The minimum atomic E-state index is -0.334. The molecule has 4 aromatic carbocycles. The van der Waals surface area contributed by atoms with Crippen LogP contribution in [0.4, 0.5) is 0 Å². The van der Waals surface area contributed by atoms with Gasteiger partial charge < -0.3 is 0 Å². The van der Waals surface area contributed by atoms with Gasteiger partial charge in [-0.05, 0) is 44.5 Å². The van der Waals surface area contributed by atoms with E-state index in [0.29, 0.717) is 0 Å². The third-order valence-corrected chi connectivity index (χ3v) is 7.34. The van der Waals surface area contributed by atoms with Gasteiger partial charge in [-0.2, -0.15) is 0 Å². The first kappa shape index (κ1) is 19.1. The van der Waals surface area contributed by atoms with Crippen molar-refractivity contribution in [3.05, 3.63) is 155 Å². The maximum absolute atomic E-state index is 2.56. The van der Waals surface area contributed by atoms with E-state index in [1.807, 2.05) is 0 Å². The predicted octanol–water partition coefficient (Wildman–Crippen LogP) is 7.81. The van der Waals surface area contributed by atoms with E-state index in [4.69, 9.17) is 0 Å². The van der Waals surface area contributed by atoms with Crippen LogP contribution in [0.3, 0.4) is 0 Å². The van der Waals surface area contributed by atoms with Gasteiger partial charge in [-0.15, -0.1) is 0 Å². The van der Waals surface area contributed by atoms with E-state index < -0.39 is 0 Å². The highest BCUT2D eigenvalue weighted by atomic mass is 14.5. The molecule has 32 heavy (non-hydrogen) atoms. The minimum absolute atomic E-state index is 0.0444. The Labute approximate surface area is 190 Å². The summed E-state index contributed by atoms with van der Waals surface area (Å²) in [7, 11) is 0. The molecule has 0 heterocycles. The number of rotatable bonds is 3. The van der Waals surface area contributed by atoms with E-state index in [9.17, 15) is 0 Å². The van der Waals surface area contributed by atoms with Crippen LogP contribution in [0.25, 0.3) is 11.1 Å². The van der Waals surface area contributed by atoms with Crippen LogP contribution in [-0.4, -0.2) is 0 Å². The molecule has 0 aromatic heterocycles. The van der Waals surface area contributed by atoms with Gasteiger partial charge >= 0.3 is 0 Å². The minimum Gasteiger partial charge on any atom is -0.0622 e. The van der Waals surface area contributed by atoms with E-state index in [2.05, 4.69) is 135 Å². The third-order valence-electron chi connectivity index (χ3n) is 7.34. The van der Waals surface area contributed by atoms with Crippen LogP contribution in [0.15, 0.2) is 127 Å². The molecule has 0 aliphatic heterocycles. The van der Waals surface area contributed by atoms with Crippen molar-refractivity contribution in [2.24, 2.45) is 0 Å². The summed E-state index contributed by atoms with van der Waals surface area (Å²) >= 11 is 0. The van der Waals surface area contributed by atoms with E-state index in [1.165, 1.54) is 44.5 Å². The van der Waals surface area contributed by atoms with Crippen molar-refractivity contribution >= 4 is 11.1 Å². The summed E-state index contributed by atoms with van der Waals surface area (Å²) in [6.07, 6.45) is 2.56. The molecular weight excluding hydrogens is 384 g/mol. The smallest absolute Gasteiger partial charge is 0.0622 e. The number of hydrogen-bond acceptors (Lipinski definition) is 0. The molecule has 0 bridgehead atoms. The highest BCUT2D eigenvalue weighted by molar-refractivity contribution is 6.12. The molecule has 0 heteroatoms. The van der Waals surface area contributed by atoms with Crippen molar-refractivity contribution in [2.45, 2.75) is 24.7 Å². The van der Waals surface area contributed by atoms with Crippen molar-refractivity contribution < 1.29 is 0 Å². The fraction of sp³-hybridized carbons (Fsp3) is 0.125. The van der Waals surface area contributed by atoms with Crippen molar-refractivity contribution in [1.82, 2.24) is 0 Å². The summed E-state index contributed by atoms with van der Waals surface area (Å²) in [4.78, 5) is 0. The molecule has 0 atom stereocenters. The lowest BCUT2D eigenvalue weighted by molar-refractivity contribution is 0.654. The summed E-state index contributed by atoms with van der Waals surface area (Å²) in [6.45, 7) is 4.75. The van der Waals surface area contributed by atoms with Gasteiger partial charge in [0.1, 0.15) is 0 Å². The summed E-state index contributed by atoms with van der Waals surface area (Å²) in [5.74, 6) is 0. The second-order valence-electron chi connectivity index (χ2n) is 9.38. The van der Waals surface area contributed by atoms with Crippen LogP contribution < -0.4 is 0 Å². The van der Waals surface area contributed by atoms with E-state index in [1.54, 1.807) is 0 Å². The molecule has 2 aliphatic carbocycles. The summed E-state index contributed by atoms with van der Waals surface area (Å²) in [5.41, 5.74) is 10.6. The lowest BCUT2D eigenvalue weighted by Crippen LogP contribution is -2.27. The SMILES string of the molecule is CC1(C)C2=CC(c3ccccc3)(c3ccccc3)C(c3ccccc3)=C2c2ccccc21. The molecule has 0 nitrogen and oxygen atoms in total. The largest absolute Gasteiger partial charge is 0.0650 e. The highest BCUT2D eigenvalue weighted by Crippen LogP contribution is 2.63. The molecule has 2 aliphatic rings. The van der Waals surface area contributed by atoms with E-state index >= 15 is 0 Å². The van der Waals surface area contributed by atoms with E-state index in [0.717, 1.165) is 0 Å². The molecule has 154 valence electrons. The van der Waals surface area contributed by atoms with Gasteiger partial charge in [0.25, 0.3) is 0 Å². The zero-order chi connectivity index (χ0) is 21.8. The molecule has 0 saturated carbocycles. The summed E-state index contributed by atoms with van der Waals surface area (Å²) < 4.78 is 0. The molecule has 0 fully saturated rings. The molecule has 6 rings (SSSR count). The van der Waals surface area contributed by atoms with Crippen molar-refractivity contribution in [3.63, 3.8) is 0 Å². The van der Waals surface area contributed by atoms with Crippen molar-refractivity contribution in [1.29, 1.82) is 0 Å². The zero-order valence-electron chi connectivity index (χ0n) is 18.5. The van der Waals surface area contributed by atoms with Crippen molar-refractivity contribution in [2.75, 3.05) is 0 Å². The Morgan fingerprint density at radius 3 is 1.62 bits per heavy atom. The molecule has 4 aromatic rings. The molecule has 0 N–H and O–H groups in total. The van der Waals surface area contributed by atoms with Gasteiger partial charge in [0, 0.05) is 5.41 Å². The Hall–Kier alpha value is -3.64. The fourth-order valence-corrected chi connectivity index (χ4v) is 5.86. The predicted molar refractivity (Wildman–Crippen MR) is 134 cm³/mol. The number of allylic oxidation sites excluding steroid dienone is 4. The lowest BCUT2D eigenvalue weighted by Gasteiger charge is -2.34. The standard InChI is InChI=1S/C32H26/c1-31(2)27-21-13-12-20-26(27)29-28(31)22-32(24-16-8-4-9-17-24,25-18-10-5-11-19-25)30(29)23-14-6-3-7-15-23/h3-22H,1-2H3. The van der Waals surface area contributed by atoms with Gasteiger partial charge in [0.2, 0.25) is 0 Å². The van der Waals surface area contributed by atoms with Gasteiger partial charge in [-0.25, -0.2) is 0 Å². The normalized spacial score (nSPS) is 17.6. The zero-order valence-corrected chi connectivity index (χ0v) is 18.5. The maximum atomic E-state index is 2.56. The van der Waals surface area contributed by atoms with Crippen LogP contribution in [-0.2, 0) is 10.8 Å². The third kappa shape index (κ3) is 2.50. The quantitative estimate of drug-likeness (QED) is 0.323. The van der Waals surface area contributed by atoms with Gasteiger partial charge in [-0.3, -0.25) is 0 Å². The first-order chi connectivity index (χ1) is 15.6. The van der Waals surface area contributed by atoms with Crippen LogP contribution in [0.2, 0.25) is 0 Å². The summed E-state index contributed by atoms with van der Waals surface area (Å²) in [5, 5.41) is 0. The van der Waals surface area contributed by atoms with Crippen LogP contribution in [0, 0.1) is 0 Å². The first-order valence-corrected chi connectivity index (χ1v) is 11.4. The molecular formula is C32H26. The lowest BCUT2D eigenvalue weighted by atomic mass is 9.67. The van der Waals surface area contributed by atoms with Crippen molar-refractivity contribution in [3.8, 4) is 0 Å². The van der Waals surface area contributed by atoms with Gasteiger partial charge in [0.15, 0.2) is 0 Å². The van der Waals surface area contributed by atoms with Crippen LogP contribution in [0.5, 0.6) is 0 Å². The average Bonchev–Trinajstić information content (AvgIpc) is 3.33.